The van der Waals surface area contributed by atoms with E-state index in [2.05, 4.69) is 5.32 Å². The van der Waals surface area contributed by atoms with Gasteiger partial charge in [-0.15, -0.1) is 0 Å². The van der Waals surface area contributed by atoms with Crippen molar-refractivity contribution in [3.8, 4) is 5.75 Å². The Labute approximate surface area is 103 Å². The van der Waals surface area contributed by atoms with Crippen LogP contribution in [-0.2, 0) is 9.47 Å². The SMILES string of the molecule is COCC(CNCCOc1ccccc1)OC. The first-order chi connectivity index (χ1) is 8.36. The van der Waals surface area contributed by atoms with Crippen LogP contribution in [0.15, 0.2) is 30.3 Å². The van der Waals surface area contributed by atoms with E-state index in [0.29, 0.717) is 13.2 Å². The van der Waals surface area contributed by atoms with E-state index in [1.54, 1.807) is 14.2 Å². The van der Waals surface area contributed by atoms with Gasteiger partial charge in [0.1, 0.15) is 12.4 Å². The standard InChI is InChI=1S/C13H21NO3/c1-15-11-13(16-2)10-14-8-9-17-12-6-4-3-5-7-12/h3-7,13-14H,8-11H2,1-2H3. The summed E-state index contributed by atoms with van der Waals surface area (Å²) < 4.78 is 15.8. The molecule has 1 aromatic rings. The first kappa shape index (κ1) is 14.0. The predicted molar refractivity (Wildman–Crippen MR) is 67.5 cm³/mol. The predicted octanol–water partition coefficient (Wildman–Crippen LogP) is 1.32. The molecule has 1 rings (SSSR count). The Kier molecular flexibility index (Phi) is 7.38. The normalized spacial score (nSPS) is 12.4. The number of ether oxygens (including phenoxy) is 3. The molecule has 0 fully saturated rings. The van der Waals surface area contributed by atoms with E-state index < -0.39 is 0 Å². The molecule has 0 bridgehead atoms. The van der Waals surface area contributed by atoms with Gasteiger partial charge in [0.25, 0.3) is 0 Å². The van der Waals surface area contributed by atoms with Gasteiger partial charge in [-0.05, 0) is 12.1 Å². The summed E-state index contributed by atoms with van der Waals surface area (Å²) in [6.45, 7) is 2.80. The molecule has 0 saturated heterocycles. The molecule has 17 heavy (non-hydrogen) atoms. The summed E-state index contributed by atoms with van der Waals surface area (Å²) >= 11 is 0. The van der Waals surface area contributed by atoms with Gasteiger partial charge in [0.05, 0.1) is 12.7 Å². The molecule has 96 valence electrons. The van der Waals surface area contributed by atoms with Crippen LogP contribution in [0.2, 0.25) is 0 Å². The molecule has 0 aliphatic rings. The zero-order chi connectivity index (χ0) is 12.3. The maximum atomic E-state index is 5.55. The van der Waals surface area contributed by atoms with Gasteiger partial charge in [0.2, 0.25) is 0 Å². The average Bonchev–Trinajstić information content (AvgIpc) is 2.38. The minimum atomic E-state index is 0.0942. The van der Waals surface area contributed by atoms with Crippen molar-refractivity contribution in [1.29, 1.82) is 0 Å². The fourth-order valence-corrected chi connectivity index (χ4v) is 1.42. The Hall–Kier alpha value is -1.10. The van der Waals surface area contributed by atoms with Gasteiger partial charge in [-0.1, -0.05) is 18.2 Å². The number of benzene rings is 1. The summed E-state index contributed by atoms with van der Waals surface area (Å²) in [5, 5.41) is 3.26. The topological polar surface area (TPSA) is 39.7 Å². The highest BCUT2D eigenvalue weighted by Crippen LogP contribution is 2.07. The number of para-hydroxylation sites is 1. The van der Waals surface area contributed by atoms with Crippen LogP contribution < -0.4 is 10.1 Å². The van der Waals surface area contributed by atoms with Crippen molar-refractivity contribution in [1.82, 2.24) is 5.32 Å². The van der Waals surface area contributed by atoms with Gasteiger partial charge in [0, 0.05) is 27.3 Å². The first-order valence-corrected chi connectivity index (χ1v) is 5.77. The second-order valence-corrected chi connectivity index (χ2v) is 3.68. The second-order valence-electron chi connectivity index (χ2n) is 3.68. The summed E-state index contributed by atoms with van der Waals surface area (Å²) in [5.74, 6) is 0.898. The molecule has 1 unspecified atom stereocenters. The number of hydrogen-bond acceptors (Lipinski definition) is 4. The molecular formula is C13H21NO3. The Balaban J connectivity index is 2.04. The molecule has 0 radical (unpaired) electrons. The van der Waals surface area contributed by atoms with Crippen LogP contribution in [0.3, 0.4) is 0 Å². The largest absolute Gasteiger partial charge is 0.492 e. The van der Waals surface area contributed by atoms with Crippen LogP contribution >= 0.6 is 0 Å². The van der Waals surface area contributed by atoms with E-state index in [9.17, 15) is 0 Å². The van der Waals surface area contributed by atoms with Gasteiger partial charge in [-0.2, -0.15) is 0 Å². The number of hydrogen-bond donors (Lipinski definition) is 1. The van der Waals surface area contributed by atoms with Crippen molar-refractivity contribution in [2.75, 3.05) is 40.5 Å². The van der Waals surface area contributed by atoms with E-state index in [4.69, 9.17) is 14.2 Å². The molecule has 1 N–H and O–H groups in total. The lowest BCUT2D eigenvalue weighted by Crippen LogP contribution is -2.34. The lowest BCUT2D eigenvalue weighted by molar-refractivity contribution is 0.0286. The molecular weight excluding hydrogens is 218 g/mol. The third-order valence-corrected chi connectivity index (χ3v) is 2.35. The molecule has 1 atom stereocenters. The van der Waals surface area contributed by atoms with Crippen molar-refractivity contribution in [2.45, 2.75) is 6.10 Å². The second kappa shape index (κ2) is 8.98. The molecule has 4 nitrogen and oxygen atoms in total. The fourth-order valence-electron chi connectivity index (χ4n) is 1.42. The molecule has 0 aromatic heterocycles. The molecule has 0 heterocycles. The summed E-state index contributed by atoms with van der Waals surface area (Å²) in [7, 11) is 3.36. The van der Waals surface area contributed by atoms with Crippen LogP contribution in [0.25, 0.3) is 0 Å². The van der Waals surface area contributed by atoms with Crippen LogP contribution in [0, 0.1) is 0 Å². The van der Waals surface area contributed by atoms with E-state index in [1.807, 2.05) is 30.3 Å². The highest BCUT2D eigenvalue weighted by molar-refractivity contribution is 5.20. The summed E-state index contributed by atoms with van der Waals surface area (Å²) in [4.78, 5) is 0. The molecule has 4 heteroatoms. The summed E-state index contributed by atoms with van der Waals surface area (Å²) in [5.41, 5.74) is 0. The maximum Gasteiger partial charge on any atom is 0.119 e. The van der Waals surface area contributed by atoms with Crippen molar-refractivity contribution in [3.05, 3.63) is 30.3 Å². The lowest BCUT2D eigenvalue weighted by Gasteiger charge is -2.15. The van der Waals surface area contributed by atoms with Crippen LogP contribution in [0.1, 0.15) is 0 Å². The van der Waals surface area contributed by atoms with Crippen molar-refractivity contribution >= 4 is 0 Å². The molecule has 0 spiro atoms. The van der Waals surface area contributed by atoms with E-state index in [1.165, 1.54) is 0 Å². The Morgan fingerprint density at radius 2 is 1.94 bits per heavy atom. The monoisotopic (exact) mass is 239 g/mol. The van der Waals surface area contributed by atoms with Crippen molar-refractivity contribution in [3.63, 3.8) is 0 Å². The molecule has 1 aromatic carbocycles. The highest BCUT2D eigenvalue weighted by Gasteiger charge is 2.05. The van der Waals surface area contributed by atoms with Crippen molar-refractivity contribution in [2.24, 2.45) is 0 Å². The zero-order valence-electron chi connectivity index (χ0n) is 10.5. The molecule has 0 aliphatic heterocycles. The Bertz CT molecular complexity index is 279. The van der Waals surface area contributed by atoms with E-state index in [0.717, 1.165) is 18.8 Å². The van der Waals surface area contributed by atoms with Gasteiger partial charge in [-0.3, -0.25) is 0 Å². The maximum absolute atomic E-state index is 5.55. The third kappa shape index (κ3) is 6.26. The molecule has 0 amide bonds. The van der Waals surface area contributed by atoms with Crippen LogP contribution in [0.5, 0.6) is 5.75 Å². The number of nitrogens with one attached hydrogen (secondary N) is 1. The quantitative estimate of drug-likeness (QED) is 0.660. The summed E-state index contributed by atoms with van der Waals surface area (Å²) in [6, 6.07) is 9.79. The van der Waals surface area contributed by atoms with E-state index in [-0.39, 0.29) is 6.10 Å². The van der Waals surface area contributed by atoms with Crippen LogP contribution in [-0.4, -0.2) is 46.6 Å². The zero-order valence-corrected chi connectivity index (χ0v) is 10.5. The highest BCUT2D eigenvalue weighted by atomic mass is 16.5. The fraction of sp³-hybridized carbons (Fsp3) is 0.538. The smallest absolute Gasteiger partial charge is 0.119 e. The number of methoxy groups -OCH3 is 2. The molecule has 0 aliphatic carbocycles. The van der Waals surface area contributed by atoms with Gasteiger partial charge in [-0.25, -0.2) is 0 Å². The first-order valence-electron chi connectivity index (χ1n) is 5.77. The Morgan fingerprint density at radius 1 is 1.18 bits per heavy atom. The minimum Gasteiger partial charge on any atom is -0.492 e. The molecule has 0 saturated carbocycles. The van der Waals surface area contributed by atoms with Gasteiger partial charge in [0.15, 0.2) is 0 Å². The van der Waals surface area contributed by atoms with E-state index >= 15 is 0 Å². The number of rotatable bonds is 9. The lowest BCUT2D eigenvalue weighted by atomic mass is 10.3. The van der Waals surface area contributed by atoms with Gasteiger partial charge >= 0.3 is 0 Å². The average molecular weight is 239 g/mol. The Morgan fingerprint density at radius 3 is 2.59 bits per heavy atom. The minimum absolute atomic E-state index is 0.0942. The van der Waals surface area contributed by atoms with Crippen LogP contribution in [0.4, 0.5) is 0 Å². The third-order valence-electron chi connectivity index (χ3n) is 2.35. The summed E-state index contributed by atoms with van der Waals surface area (Å²) in [6.07, 6.45) is 0.0942. The van der Waals surface area contributed by atoms with Gasteiger partial charge < -0.3 is 19.5 Å². The van der Waals surface area contributed by atoms with Crippen molar-refractivity contribution < 1.29 is 14.2 Å².